The van der Waals surface area contributed by atoms with Gasteiger partial charge in [-0.3, -0.25) is 4.79 Å². The van der Waals surface area contributed by atoms with Crippen LogP contribution in [-0.4, -0.2) is 24.7 Å². The van der Waals surface area contributed by atoms with Crippen molar-refractivity contribution < 1.29 is 14.6 Å². The number of carbonyl (C=O) groups excluding carboxylic acids is 1. The van der Waals surface area contributed by atoms with Gasteiger partial charge in [0, 0.05) is 6.54 Å². The van der Waals surface area contributed by atoms with Gasteiger partial charge in [0.2, 0.25) is 0 Å². The number of methoxy groups -OCH3 is 1. The van der Waals surface area contributed by atoms with E-state index < -0.39 is 0 Å². The lowest BCUT2D eigenvalue weighted by Gasteiger charge is -2.09. The van der Waals surface area contributed by atoms with Crippen molar-refractivity contribution in [2.24, 2.45) is 0 Å². The molecule has 0 atom stereocenters. The standard InChI is InChI=1S/C16H17NO3/c1-20-15-8-3-2-7-14(15)16(19)17-10-9-12-5-4-6-13(18)11-12/h2-8,11,18H,9-10H2,1H3,(H,17,19). The minimum absolute atomic E-state index is 0.164. The highest BCUT2D eigenvalue weighted by atomic mass is 16.5. The van der Waals surface area contributed by atoms with Crippen LogP contribution in [0.4, 0.5) is 0 Å². The van der Waals surface area contributed by atoms with Gasteiger partial charge in [0.15, 0.2) is 0 Å². The van der Waals surface area contributed by atoms with Gasteiger partial charge in [0.25, 0.3) is 5.91 Å². The largest absolute Gasteiger partial charge is 0.508 e. The van der Waals surface area contributed by atoms with E-state index in [1.54, 1.807) is 43.5 Å². The first-order valence-electron chi connectivity index (χ1n) is 6.40. The van der Waals surface area contributed by atoms with Crippen LogP contribution in [0.3, 0.4) is 0 Å². The molecule has 0 bridgehead atoms. The SMILES string of the molecule is COc1ccccc1C(=O)NCCc1cccc(O)c1. The molecular weight excluding hydrogens is 254 g/mol. The van der Waals surface area contributed by atoms with E-state index in [2.05, 4.69) is 5.32 Å². The van der Waals surface area contributed by atoms with Crippen LogP contribution in [0.2, 0.25) is 0 Å². The first kappa shape index (κ1) is 13.9. The molecule has 2 aromatic rings. The normalized spacial score (nSPS) is 10.1. The quantitative estimate of drug-likeness (QED) is 0.877. The molecule has 2 N–H and O–H groups in total. The molecular formula is C16H17NO3. The fraction of sp³-hybridized carbons (Fsp3) is 0.188. The molecule has 4 nitrogen and oxygen atoms in total. The molecule has 20 heavy (non-hydrogen) atoms. The maximum absolute atomic E-state index is 12.0. The summed E-state index contributed by atoms with van der Waals surface area (Å²) in [6.07, 6.45) is 0.662. The molecule has 0 heterocycles. The second-order valence-electron chi connectivity index (χ2n) is 4.38. The Morgan fingerprint density at radius 3 is 2.75 bits per heavy atom. The minimum Gasteiger partial charge on any atom is -0.508 e. The summed E-state index contributed by atoms with van der Waals surface area (Å²) >= 11 is 0. The Balaban J connectivity index is 1.92. The van der Waals surface area contributed by atoms with Crippen LogP contribution >= 0.6 is 0 Å². The molecule has 0 saturated heterocycles. The number of ether oxygens (including phenoxy) is 1. The Bertz CT molecular complexity index is 596. The van der Waals surface area contributed by atoms with Crippen molar-refractivity contribution in [3.63, 3.8) is 0 Å². The van der Waals surface area contributed by atoms with E-state index in [0.717, 1.165) is 5.56 Å². The number of carbonyl (C=O) groups is 1. The highest BCUT2D eigenvalue weighted by Crippen LogP contribution is 2.17. The van der Waals surface area contributed by atoms with Crippen molar-refractivity contribution in [2.45, 2.75) is 6.42 Å². The molecule has 4 heteroatoms. The summed E-state index contributed by atoms with van der Waals surface area (Å²) in [5, 5.41) is 12.2. The Morgan fingerprint density at radius 1 is 1.20 bits per heavy atom. The Hall–Kier alpha value is -2.49. The zero-order chi connectivity index (χ0) is 14.4. The number of phenolic OH excluding ortho intramolecular Hbond substituents is 1. The van der Waals surface area contributed by atoms with Crippen LogP contribution < -0.4 is 10.1 Å². The van der Waals surface area contributed by atoms with Gasteiger partial charge < -0.3 is 15.2 Å². The van der Waals surface area contributed by atoms with Gasteiger partial charge in [-0.1, -0.05) is 24.3 Å². The van der Waals surface area contributed by atoms with Gasteiger partial charge in [0.05, 0.1) is 12.7 Å². The van der Waals surface area contributed by atoms with Gasteiger partial charge in [-0.2, -0.15) is 0 Å². The van der Waals surface area contributed by atoms with Crippen LogP contribution in [0, 0.1) is 0 Å². The molecule has 0 fully saturated rings. The number of rotatable bonds is 5. The molecule has 0 unspecified atom stereocenters. The topological polar surface area (TPSA) is 58.6 Å². The summed E-state index contributed by atoms with van der Waals surface area (Å²) < 4.78 is 5.15. The van der Waals surface area contributed by atoms with Gasteiger partial charge in [-0.15, -0.1) is 0 Å². The predicted octanol–water partition coefficient (Wildman–Crippen LogP) is 2.37. The molecule has 0 aromatic heterocycles. The number of hydrogen-bond acceptors (Lipinski definition) is 3. The molecule has 2 rings (SSSR count). The zero-order valence-corrected chi connectivity index (χ0v) is 11.3. The van der Waals surface area contributed by atoms with Crippen molar-refractivity contribution in [2.75, 3.05) is 13.7 Å². The maximum atomic E-state index is 12.0. The van der Waals surface area contributed by atoms with Crippen LogP contribution in [0.1, 0.15) is 15.9 Å². The van der Waals surface area contributed by atoms with E-state index >= 15 is 0 Å². The van der Waals surface area contributed by atoms with Crippen LogP contribution in [-0.2, 0) is 6.42 Å². The van der Waals surface area contributed by atoms with E-state index in [0.29, 0.717) is 24.3 Å². The smallest absolute Gasteiger partial charge is 0.255 e. The highest BCUT2D eigenvalue weighted by Gasteiger charge is 2.10. The van der Waals surface area contributed by atoms with Crippen molar-refractivity contribution in [3.8, 4) is 11.5 Å². The molecule has 0 aliphatic heterocycles. The average Bonchev–Trinajstić information content (AvgIpc) is 2.47. The fourth-order valence-corrected chi connectivity index (χ4v) is 1.96. The Kier molecular flexibility index (Phi) is 4.60. The first-order chi connectivity index (χ1) is 9.70. The third-order valence-electron chi connectivity index (χ3n) is 2.96. The number of phenols is 1. The fourth-order valence-electron chi connectivity index (χ4n) is 1.96. The number of amides is 1. The summed E-state index contributed by atoms with van der Waals surface area (Å²) in [6, 6.07) is 14.1. The summed E-state index contributed by atoms with van der Waals surface area (Å²) in [5.41, 5.74) is 1.50. The second kappa shape index (κ2) is 6.61. The summed E-state index contributed by atoms with van der Waals surface area (Å²) in [4.78, 5) is 12.0. The average molecular weight is 271 g/mol. The van der Waals surface area contributed by atoms with Crippen molar-refractivity contribution in [3.05, 3.63) is 59.7 Å². The predicted molar refractivity (Wildman–Crippen MR) is 77.1 cm³/mol. The number of benzene rings is 2. The number of hydrogen-bond donors (Lipinski definition) is 2. The zero-order valence-electron chi connectivity index (χ0n) is 11.3. The van der Waals surface area contributed by atoms with Gasteiger partial charge in [0.1, 0.15) is 11.5 Å². The molecule has 0 saturated carbocycles. The van der Waals surface area contributed by atoms with Crippen molar-refractivity contribution >= 4 is 5.91 Å². The third kappa shape index (κ3) is 3.51. The molecule has 1 amide bonds. The van der Waals surface area contributed by atoms with E-state index in [1.165, 1.54) is 0 Å². The molecule has 2 aromatic carbocycles. The summed E-state index contributed by atoms with van der Waals surface area (Å²) in [7, 11) is 1.54. The van der Waals surface area contributed by atoms with Gasteiger partial charge in [-0.05, 0) is 36.2 Å². The van der Waals surface area contributed by atoms with Crippen molar-refractivity contribution in [1.82, 2.24) is 5.32 Å². The van der Waals surface area contributed by atoms with Gasteiger partial charge >= 0.3 is 0 Å². The van der Waals surface area contributed by atoms with Crippen LogP contribution in [0.25, 0.3) is 0 Å². The minimum atomic E-state index is -0.164. The number of para-hydroxylation sites is 1. The molecule has 104 valence electrons. The maximum Gasteiger partial charge on any atom is 0.255 e. The van der Waals surface area contributed by atoms with Crippen molar-refractivity contribution in [1.29, 1.82) is 0 Å². The third-order valence-corrected chi connectivity index (χ3v) is 2.96. The Labute approximate surface area is 118 Å². The highest BCUT2D eigenvalue weighted by molar-refractivity contribution is 5.96. The lowest BCUT2D eigenvalue weighted by Crippen LogP contribution is -2.26. The monoisotopic (exact) mass is 271 g/mol. The summed E-state index contributed by atoms with van der Waals surface area (Å²) in [5.74, 6) is 0.628. The van der Waals surface area contributed by atoms with E-state index in [9.17, 15) is 9.90 Å². The van der Waals surface area contributed by atoms with E-state index in [-0.39, 0.29) is 11.7 Å². The van der Waals surface area contributed by atoms with E-state index in [1.807, 2.05) is 12.1 Å². The summed E-state index contributed by atoms with van der Waals surface area (Å²) in [6.45, 7) is 0.500. The number of aromatic hydroxyl groups is 1. The number of nitrogens with one attached hydrogen (secondary N) is 1. The van der Waals surface area contributed by atoms with Gasteiger partial charge in [-0.25, -0.2) is 0 Å². The molecule has 0 radical (unpaired) electrons. The molecule has 0 aliphatic rings. The molecule has 0 spiro atoms. The lowest BCUT2D eigenvalue weighted by atomic mass is 10.1. The van der Waals surface area contributed by atoms with Crippen LogP contribution in [0.5, 0.6) is 11.5 Å². The second-order valence-corrected chi connectivity index (χ2v) is 4.38. The lowest BCUT2D eigenvalue weighted by molar-refractivity contribution is 0.0951. The van der Waals surface area contributed by atoms with Crippen LogP contribution in [0.15, 0.2) is 48.5 Å². The van der Waals surface area contributed by atoms with E-state index in [4.69, 9.17) is 4.74 Å². The molecule has 0 aliphatic carbocycles. The first-order valence-corrected chi connectivity index (χ1v) is 6.40. The Morgan fingerprint density at radius 2 is 2.00 bits per heavy atom.